The zero-order valence-electron chi connectivity index (χ0n) is 16.4. The third-order valence-corrected chi connectivity index (χ3v) is 4.54. The molecule has 3 aromatic rings. The van der Waals surface area contributed by atoms with E-state index in [1.165, 1.54) is 5.56 Å². The van der Waals surface area contributed by atoms with E-state index in [2.05, 4.69) is 31.2 Å². The second kappa shape index (κ2) is 9.09. The van der Waals surface area contributed by atoms with E-state index in [1.807, 2.05) is 42.5 Å². The summed E-state index contributed by atoms with van der Waals surface area (Å²) in [7, 11) is 3.19. The molecule has 3 rings (SSSR count). The number of hydrogen-bond donors (Lipinski definition) is 0. The molecule has 0 aliphatic carbocycles. The molecular weight excluding hydrogens is 352 g/mol. The van der Waals surface area contributed by atoms with Gasteiger partial charge in [-0.2, -0.15) is 0 Å². The molecule has 0 radical (unpaired) electrons. The largest absolute Gasteiger partial charge is 0.493 e. The van der Waals surface area contributed by atoms with Gasteiger partial charge in [0.2, 0.25) is 0 Å². The lowest BCUT2D eigenvalue weighted by molar-refractivity contribution is -0.134. The highest BCUT2D eigenvalue weighted by Gasteiger charge is 2.09. The predicted octanol–water partition coefficient (Wildman–Crippen LogP) is 5.22. The Bertz CT molecular complexity index is 928. The Balaban J connectivity index is 1.57. The Morgan fingerprint density at radius 1 is 0.786 bits per heavy atom. The van der Waals surface area contributed by atoms with Crippen molar-refractivity contribution in [3.63, 3.8) is 0 Å². The van der Waals surface area contributed by atoms with Gasteiger partial charge in [0.05, 0.1) is 14.2 Å². The number of hydrogen-bond acceptors (Lipinski definition) is 4. The fraction of sp³-hybridized carbons (Fsp3) is 0.208. The highest BCUT2D eigenvalue weighted by Crippen LogP contribution is 2.28. The number of benzene rings is 3. The average Bonchev–Trinajstić information content (AvgIpc) is 2.73. The number of aryl methyl sites for hydroxylation is 2. The van der Waals surface area contributed by atoms with Gasteiger partial charge in [-0.25, -0.2) is 0 Å². The maximum absolute atomic E-state index is 12.2. The van der Waals surface area contributed by atoms with E-state index in [4.69, 9.17) is 14.2 Å². The highest BCUT2D eigenvalue weighted by atomic mass is 16.5. The molecule has 0 saturated carbocycles. The van der Waals surface area contributed by atoms with Gasteiger partial charge >= 0.3 is 5.97 Å². The average molecular weight is 376 g/mol. The Kier molecular flexibility index (Phi) is 6.33. The summed E-state index contributed by atoms with van der Waals surface area (Å²) in [5, 5.41) is 0. The summed E-state index contributed by atoms with van der Waals surface area (Å²) >= 11 is 0. The van der Waals surface area contributed by atoms with Crippen LogP contribution in [-0.2, 0) is 11.2 Å². The molecule has 0 aromatic heterocycles. The van der Waals surface area contributed by atoms with Crippen LogP contribution in [0.5, 0.6) is 17.2 Å². The summed E-state index contributed by atoms with van der Waals surface area (Å²) in [4.78, 5) is 12.2. The first-order valence-corrected chi connectivity index (χ1v) is 9.17. The number of carbonyl (C=O) groups excluding carboxylic acids is 1. The van der Waals surface area contributed by atoms with Crippen LogP contribution >= 0.6 is 0 Å². The third kappa shape index (κ3) is 4.92. The minimum absolute atomic E-state index is 0.266. The van der Waals surface area contributed by atoms with Gasteiger partial charge in [-0.1, -0.05) is 48.0 Å². The number of esters is 1. The molecule has 28 heavy (non-hydrogen) atoms. The lowest BCUT2D eigenvalue weighted by atomic mass is 10.0. The molecule has 4 nitrogen and oxygen atoms in total. The van der Waals surface area contributed by atoms with Crippen LogP contribution in [-0.4, -0.2) is 20.2 Å². The van der Waals surface area contributed by atoms with E-state index in [0.717, 1.165) is 16.7 Å². The van der Waals surface area contributed by atoms with Gasteiger partial charge in [0, 0.05) is 6.42 Å². The van der Waals surface area contributed by atoms with E-state index in [9.17, 15) is 4.79 Å². The first-order valence-electron chi connectivity index (χ1n) is 9.17. The molecular formula is C24H24O4. The van der Waals surface area contributed by atoms with Gasteiger partial charge in [0.1, 0.15) is 5.75 Å². The first kappa shape index (κ1) is 19.5. The van der Waals surface area contributed by atoms with Crippen LogP contribution in [0, 0.1) is 6.92 Å². The van der Waals surface area contributed by atoms with Crippen molar-refractivity contribution in [2.24, 2.45) is 0 Å². The highest BCUT2D eigenvalue weighted by molar-refractivity contribution is 5.73. The van der Waals surface area contributed by atoms with Gasteiger partial charge in [0.15, 0.2) is 11.5 Å². The molecule has 0 unspecified atom stereocenters. The van der Waals surface area contributed by atoms with Crippen LogP contribution in [0.15, 0.2) is 66.7 Å². The van der Waals surface area contributed by atoms with Crippen LogP contribution in [0.2, 0.25) is 0 Å². The molecule has 0 amide bonds. The normalized spacial score (nSPS) is 10.4. The van der Waals surface area contributed by atoms with Gasteiger partial charge in [-0.15, -0.1) is 0 Å². The zero-order chi connectivity index (χ0) is 19.9. The van der Waals surface area contributed by atoms with Gasteiger partial charge < -0.3 is 14.2 Å². The summed E-state index contributed by atoms with van der Waals surface area (Å²) in [5.41, 5.74) is 4.44. The molecule has 0 fully saturated rings. The van der Waals surface area contributed by atoms with E-state index in [-0.39, 0.29) is 12.4 Å². The topological polar surface area (TPSA) is 44.8 Å². The minimum atomic E-state index is -0.266. The van der Waals surface area contributed by atoms with Crippen LogP contribution in [0.1, 0.15) is 17.5 Å². The zero-order valence-corrected chi connectivity index (χ0v) is 16.4. The Morgan fingerprint density at radius 2 is 1.39 bits per heavy atom. The number of ether oxygens (including phenoxy) is 3. The maximum Gasteiger partial charge on any atom is 0.311 e. The molecule has 4 heteroatoms. The summed E-state index contributed by atoms with van der Waals surface area (Å²) in [6.07, 6.45) is 0.857. The Hall–Kier alpha value is -3.27. The van der Waals surface area contributed by atoms with Crippen molar-refractivity contribution in [1.29, 1.82) is 0 Å². The van der Waals surface area contributed by atoms with Crippen molar-refractivity contribution in [2.75, 3.05) is 14.2 Å². The monoisotopic (exact) mass is 376 g/mol. The fourth-order valence-corrected chi connectivity index (χ4v) is 2.93. The second-order valence-corrected chi connectivity index (χ2v) is 6.55. The van der Waals surface area contributed by atoms with E-state index < -0.39 is 0 Å². The number of rotatable bonds is 7. The molecule has 0 saturated heterocycles. The molecule has 0 aliphatic heterocycles. The standard InChI is InChI=1S/C24H24O4/c1-17-4-8-19(9-5-17)20-10-12-21(13-11-20)28-24(25)15-7-18-6-14-22(26-2)23(16-18)27-3/h4-6,8-14,16H,7,15H2,1-3H3. The third-order valence-electron chi connectivity index (χ3n) is 4.54. The van der Waals surface area contributed by atoms with Gasteiger partial charge in [-0.3, -0.25) is 4.79 Å². The lowest BCUT2D eigenvalue weighted by Crippen LogP contribution is -2.09. The van der Waals surface area contributed by atoms with E-state index in [0.29, 0.717) is 23.7 Å². The molecule has 0 bridgehead atoms. The quantitative estimate of drug-likeness (QED) is 0.419. The van der Waals surface area contributed by atoms with Crippen LogP contribution in [0.4, 0.5) is 0 Å². The molecule has 3 aromatic carbocycles. The summed E-state index contributed by atoms with van der Waals surface area (Å²) in [6.45, 7) is 2.06. The number of carbonyl (C=O) groups is 1. The predicted molar refractivity (Wildman–Crippen MR) is 110 cm³/mol. The van der Waals surface area contributed by atoms with Crippen molar-refractivity contribution in [1.82, 2.24) is 0 Å². The van der Waals surface area contributed by atoms with Crippen molar-refractivity contribution in [3.05, 3.63) is 77.9 Å². The lowest BCUT2D eigenvalue weighted by Gasteiger charge is -2.10. The molecule has 0 atom stereocenters. The SMILES string of the molecule is COc1ccc(CCC(=O)Oc2ccc(-c3ccc(C)cc3)cc2)cc1OC. The van der Waals surface area contributed by atoms with E-state index >= 15 is 0 Å². The van der Waals surface area contributed by atoms with Crippen molar-refractivity contribution in [3.8, 4) is 28.4 Å². The van der Waals surface area contributed by atoms with Gasteiger partial charge in [-0.05, 0) is 54.3 Å². The Labute approximate surface area is 165 Å². The fourth-order valence-electron chi connectivity index (χ4n) is 2.93. The van der Waals surface area contributed by atoms with Crippen molar-refractivity contribution in [2.45, 2.75) is 19.8 Å². The van der Waals surface area contributed by atoms with Crippen LogP contribution < -0.4 is 14.2 Å². The summed E-state index contributed by atoms with van der Waals surface area (Å²) in [5.74, 6) is 1.61. The summed E-state index contributed by atoms with van der Waals surface area (Å²) < 4.78 is 16.0. The number of methoxy groups -OCH3 is 2. The molecule has 0 aliphatic rings. The smallest absolute Gasteiger partial charge is 0.311 e. The molecule has 0 spiro atoms. The van der Waals surface area contributed by atoms with Crippen molar-refractivity contribution < 1.29 is 19.0 Å². The first-order chi connectivity index (χ1) is 13.6. The molecule has 0 N–H and O–H groups in total. The van der Waals surface area contributed by atoms with Crippen LogP contribution in [0.3, 0.4) is 0 Å². The molecule has 0 heterocycles. The maximum atomic E-state index is 12.2. The van der Waals surface area contributed by atoms with Crippen LogP contribution in [0.25, 0.3) is 11.1 Å². The summed E-state index contributed by atoms with van der Waals surface area (Å²) in [6, 6.07) is 21.5. The van der Waals surface area contributed by atoms with Gasteiger partial charge in [0.25, 0.3) is 0 Å². The van der Waals surface area contributed by atoms with Crippen molar-refractivity contribution >= 4 is 5.97 Å². The Morgan fingerprint density at radius 3 is 2.00 bits per heavy atom. The second-order valence-electron chi connectivity index (χ2n) is 6.55. The van der Waals surface area contributed by atoms with E-state index in [1.54, 1.807) is 14.2 Å². The minimum Gasteiger partial charge on any atom is -0.493 e. The molecule has 144 valence electrons.